The molecule has 4 heteroatoms. The van der Waals surface area contributed by atoms with E-state index in [1.165, 1.54) is 0 Å². The number of ether oxygens (including phenoxy) is 1. The second-order valence-electron chi connectivity index (χ2n) is 3.24. The molecule has 0 aliphatic heterocycles. The van der Waals surface area contributed by atoms with Gasteiger partial charge in [-0.2, -0.15) is 0 Å². The standard InChI is InChI=1S/C11H13ClO3/c1-3-9(11(13)14)15-10-5-4-8(12)6-7(10)2/h4-6,9H,3H2,1-2H3,(H,13,14)/p-1/t9-/m1/s1. The summed E-state index contributed by atoms with van der Waals surface area (Å²) < 4.78 is 5.29. The molecule has 0 unspecified atom stereocenters. The zero-order valence-corrected chi connectivity index (χ0v) is 9.38. The van der Waals surface area contributed by atoms with Gasteiger partial charge in [-0.1, -0.05) is 18.5 Å². The van der Waals surface area contributed by atoms with Gasteiger partial charge in [0.2, 0.25) is 0 Å². The summed E-state index contributed by atoms with van der Waals surface area (Å²) in [5.74, 6) is -0.678. The van der Waals surface area contributed by atoms with Crippen molar-refractivity contribution in [2.75, 3.05) is 0 Å². The van der Waals surface area contributed by atoms with E-state index >= 15 is 0 Å². The molecule has 1 aromatic carbocycles. The molecule has 1 rings (SSSR count). The first-order valence-corrected chi connectivity index (χ1v) is 5.06. The van der Waals surface area contributed by atoms with Gasteiger partial charge < -0.3 is 14.6 Å². The first-order valence-electron chi connectivity index (χ1n) is 4.68. The summed E-state index contributed by atoms with van der Waals surface area (Å²) in [6.07, 6.45) is -0.547. The van der Waals surface area contributed by atoms with Gasteiger partial charge in [-0.05, 0) is 37.1 Å². The molecule has 0 amide bonds. The fourth-order valence-electron chi connectivity index (χ4n) is 1.20. The summed E-state index contributed by atoms with van der Waals surface area (Å²) in [4.78, 5) is 10.7. The molecule has 0 N–H and O–H groups in total. The third kappa shape index (κ3) is 3.13. The Balaban J connectivity index is 2.84. The number of hydrogen-bond donors (Lipinski definition) is 0. The number of halogens is 1. The molecule has 0 aliphatic carbocycles. The number of benzene rings is 1. The highest BCUT2D eigenvalue weighted by atomic mass is 35.5. The van der Waals surface area contributed by atoms with Crippen LogP contribution in [-0.4, -0.2) is 12.1 Å². The van der Waals surface area contributed by atoms with Gasteiger partial charge in [-0.3, -0.25) is 0 Å². The number of carboxylic acids is 1. The van der Waals surface area contributed by atoms with E-state index in [4.69, 9.17) is 16.3 Å². The van der Waals surface area contributed by atoms with Crippen molar-refractivity contribution in [1.29, 1.82) is 0 Å². The van der Waals surface area contributed by atoms with Gasteiger partial charge in [0, 0.05) is 5.02 Å². The van der Waals surface area contributed by atoms with Crippen LogP contribution < -0.4 is 9.84 Å². The Bertz CT molecular complexity index is 363. The van der Waals surface area contributed by atoms with Crippen LogP contribution in [0.5, 0.6) is 5.75 Å². The molecule has 0 heterocycles. The fourth-order valence-corrected chi connectivity index (χ4v) is 1.42. The Labute approximate surface area is 93.6 Å². The minimum Gasteiger partial charge on any atom is -0.546 e. The molecule has 0 fully saturated rings. The van der Waals surface area contributed by atoms with Gasteiger partial charge in [0.05, 0.1) is 5.97 Å². The van der Waals surface area contributed by atoms with E-state index in [-0.39, 0.29) is 0 Å². The molecule has 1 aromatic rings. The highest BCUT2D eigenvalue weighted by Gasteiger charge is 2.10. The van der Waals surface area contributed by atoms with E-state index < -0.39 is 12.1 Å². The van der Waals surface area contributed by atoms with Crippen LogP contribution in [0.3, 0.4) is 0 Å². The lowest BCUT2D eigenvalue weighted by molar-refractivity contribution is -0.313. The molecule has 0 aromatic heterocycles. The molecule has 0 spiro atoms. The van der Waals surface area contributed by atoms with Crippen LogP contribution >= 0.6 is 11.6 Å². The van der Waals surface area contributed by atoms with Crippen LogP contribution in [0.4, 0.5) is 0 Å². The Kier molecular flexibility index (Phi) is 3.97. The van der Waals surface area contributed by atoms with Crippen molar-refractivity contribution in [2.24, 2.45) is 0 Å². The maximum absolute atomic E-state index is 10.7. The molecular weight excluding hydrogens is 216 g/mol. The quantitative estimate of drug-likeness (QED) is 0.784. The molecule has 0 saturated carbocycles. The monoisotopic (exact) mass is 227 g/mol. The van der Waals surface area contributed by atoms with Crippen LogP contribution in [0.15, 0.2) is 18.2 Å². The van der Waals surface area contributed by atoms with Gasteiger partial charge in [0.25, 0.3) is 0 Å². The second-order valence-corrected chi connectivity index (χ2v) is 3.68. The summed E-state index contributed by atoms with van der Waals surface area (Å²) in [6, 6.07) is 5.04. The number of aryl methyl sites for hydroxylation is 1. The zero-order valence-electron chi connectivity index (χ0n) is 8.62. The Morgan fingerprint density at radius 3 is 2.73 bits per heavy atom. The third-order valence-electron chi connectivity index (χ3n) is 2.04. The average molecular weight is 228 g/mol. The second kappa shape index (κ2) is 5.03. The lowest BCUT2D eigenvalue weighted by atomic mass is 10.2. The topological polar surface area (TPSA) is 49.4 Å². The molecular formula is C11H12ClO3-. The molecule has 3 nitrogen and oxygen atoms in total. The zero-order chi connectivity index (χ0) is 11.4. The fraction of sp³-hybridized carbons (Fsp3) is 0.364. The van der Waals surface area contributed by atoms with E-state index in [1.807, 2.05) is 6.92 Å². The minimum absolute atomic E-state index is 0.365. The highest BCUT2D eigenvalue weighted by Crippen LogP contribution is 2.23. The van der Waals surface area contributed by atoms with Gasteiger partial charge in [0.15, 0.2) is 0 Å². The van der Waals surface area contributed by atoms with Crippen LogP contribution in [0.2, 0.25) is 5.02 Å². The van der Waals surface area contributed by atoms with Crippen LogP contribution in [0.1, 0.15) is 18.9 Å². The number of aliphatic carboxylic acids is 1. The summed E-state index contributed by atoms with van der Waals surface area (Å²) in [6.45, 7) is 3.54. The van der Waals surface area contributed by atoms with E-state index in [0.29, 0.717) is 17.2 Å². The Morgan fingerprint density at radius 1 is 1.60 bits per heavy atom. The first-order chi connectivity index (χ1) is 7.04. The van der Waals surface area contributed by atoms with Gasteiger partial charge in [-0.25, -0.2) is 0 Å². The number of carbonyl (C=O) groups is 1. The van der Waals surface area contributed by atoms with Crippen molar-refractivity contribution >= 4 is 17.6 Å². The van der Waals surface area contributed by atoms with Crippen LogP contribution in [0.25, 0.3) is 0 Å². The maximum Gasteiger partial charge on any atom is 0.138 e. The van der Waals surface area contributed by atoms with E-state index in [1.54, 1.807) is 25.1 Å². The lowest BCUT2D eigenvalue weighted by Gasteiger charge is -2.19. The van der Waals surface area contributed by atoms with Gasteiger partial charge >= 0.3 is 0 Å². The molecule has 0 saturated heterocycles. The molecule has 1 atom stereocenters. The maximum atomic E-state index is 10.7. The predicted octanol–water partition coefficient (Wildman–Crippen LogP) is 1.56. The highest BCUT2D eigenvalue weighted by molar-refractivity contribution is 6.30. The number of carbonyl (C=O) groups excluding carboxylic acids is 1. The third-order valence-corrected chi connectivity index (χ3v) is 2.27. The molecule has 0 radical (unpaired) electrons. The molecule has 0 bridgehead atoms. The SMILES string of the molecule is CC[C@@H](Oc1ccc(Cl)cc1C)C(=O)[O-]. The van der Waals surface area contributed by atoms with Crippen molar-refractivity contribution < 1.29 is 14.6 Å². The normalized spacial score (nSPS) is 12.2. The van der Waals surface area contributed by atoms with E-state index in [9.17, 15) is 9.90 Å². The van der Waals surface area contributed by atoms with Crippen LogP contribution in [0, 0.1) is 6.92 Å². The van der Waals surface area contributed by atoms with Crippen molar-refractivity contribution in [3.63, 3.8) is 0 Å². The minimum atomic E-state index is -1.20. The van der Waals surface area contributed by atoms with Gasteiger partial charge in [-0.15, -0.1) is 0 Å². The summed E-state index contributed by atoms with van der Waals surface area (Å²) in [5.41, 5.74) is 0.808. The Morgan fingerprint density at radius 2 is 2.27 bits per heavy atom. The van der Waals surface area contributed by atoms with E-state index in [0.717, 1.165) is 5.56 Å². The van der Waals surface area contributed by atoms with Crippen LogP contribution in [-0.2, 0) is 4.79 Å². The first kappa shape index (κ1) is 11.9. The number of carboxylic acid groups (broad SMARTS) is 1. The van der Waals surface area contributed by atoms with Crippen molar-refractivity contribution in [1.82, 2.24) is 0 Å². The lowest BCUT2D eigenvalue weighted by Crippen LogP contribution is -2.39. The predicted molar refractivity (Wildman–Crippen MR) is 55.9 cm³/mol. The summed E-state index contributed by atoms with van der Waals surface area (Å²) in [5, 5.41) is 11.2. The van der Waals surface area contributed by atoms with Crippen molar-refractivity contribution in [3.05, 3.63) is 28.8 Å². The van der Waals surface area contributed by atoms with E-state index in [2.05, 4.69) is 0 Å². The molecule has 82 valence electrons. The largest absolute Gasteiger partial charge is 0.546 e. The van der Waals surface area contributed by atoms with Gasteiger partial charge in [0.1, 0.15) is 11.9 Å². The number of rotatable bonds is 4. The summed E-state index contributed by atoms with van der Waals surface area (Å²) in [7, 11) is 0. The van der Waals surface area contributed by atoms with Crippen molar-refractivity contribution in [2.45, 2.75) is 26.4 Å². The molecule has 0 aliphatic rings. The Hall–Kier alpha value is -1.22. The molecule has 15 heavy (non-hydrogen) atoms. The summed E-state index contributed by atoms with van der Waals surface area (Å²) >= 11 is 5.77. The number of hydrogen-bond acceptors (Lipinski definition) is 3. The smallest absolute Gasteiger partial charge is 0.138 e. The van der Waals surface area contributed by atoms with Crippen molar-refractivity contribution in [3.8, 4) is 5.75 Å². The average Bonchev–Trinajstić information content (AvgIpc) is 2.16.